The molecule has 88 valence electrons. The Kier molecular flexibility index (Phi) is 5.57. The molecule has 0 radical (unpaired) electrons. The van der Waals surface area contributed by atoms with Gasteiger partial charge in [0, 0.05) is 13.2 Å². The molecule has 0 fully saturated rings. The molecule has 0 atom stereocenters. The summed E-state index contributed by atoms with van der Waals surface area (Å²) in [5.74, 6) is 0.271. The molecule has 0 aliphatic rings. The highest BCUT2D eigenvalue weighted by atomic mass is 19.1. The van der Waals surface area contributed by atoms with E-state index >= 15 is 0 Å². The molecule has 0 saturated carbocycles. The van der Waals surface area contributed by atoms with Crippen LogP contribution in [-0.2, 0) is 11.2 Å². The Hall–Kier alpha value is -1.35. The summed E-state index contributed by atoms with van der Waals surface area (Å²) in [4.78, 5) is 0. The Morgan fingerprint density at radius 3 is 2.81 bits per heavy atom. The fourth-order valence-electron chi connectivity index (χ4n) is 1.35. The number of allylic oxidation sites excluding steroid dienone is 2. The van der Waals surface area contributed by atoms with Crippen LogP contribution in [-0.4, -0.2) is 13.9 Å². The minimum Gasteiger partial charge on any atom is -0.467 e. The van der Waals surface area contributed by atoms with Crippen molar-refractivity contribution in [2.75, 3.05) is 13.9 Å². The maximum absolute atomic E-state index is 13.6. The summed E-state index contributed by atoms with van der Waals surface area (Å²) in [5, 5.41) is 0. The second-order valence-corrected chi connectivity index (χ2v) is 3.41. The zero-order valence-corrected chi connectivity index (χ0v) is 9.70. The Morgan fingerprint density at radius 2 is 2.19 bits per heavy atom. The fourth-order valence-corrected chi connectivity index (χ4v) is 1.35. The van der Waals surface area contributed by atoms with Crippen LogP contribution in [0, 0.1) is 5.82 Å². The van der Waals surface area contributed by atoms with E-state index < -0.39 is 0 Å². The van der Waals surface area contributed by atoms with Crippen LogP contribution in [0.4, 0.5) is 4.39 Å². The first-order chi connectivity index (χ1) is 7.77. The van der Waals surface area contributed by atoms with Crippen molar-refractivity contribution < 1.29 is 13.9 Å². The summed E-state index contributed by atoms with van der Waals surface area (Å²) in [6.07, 6.45) is 5.55. The summed E-state index contributed by atoms with van der Waals surface area (Å²) >= 11 is 0. The molecular weight excluding hydrogens is 207 g/mol. The van der Waals surface area contributed by atoms with Gasteiger partial charge in [0.15, 0.2) is 6.79 Å². The number of halogens is 1. The zero-order valence-electron chi connectivity index (χ0n) is 9.70. The third-order valence-electron chi connectivity index (χ3n) is 2.18. The molecule has 1 rings (SSSR count). The molecule has 0 heterocycles. The van der Waals surface area contributed by atoms with Crippen LogP contribution in [0.25, 0.3) is 0 Å². The third-order valence-corrected chi connectivity index (χ3v) is 2.18. The Bertz CT molecular complexity index is 348. The molecule has 0 aliphatic carbocycles. The Morgan fingerprint density at radius 1 is 1.38 bits per heavy atom. The van der Waals surface area contributed by atoms with Crippen LogP contribution in [0.1, 0.15) is 18.9 Å². The van der Waals surface area contributed by atoms with Gasteiger partial charge in [0.05, 0.1) is 0 Å². The smallest absolute Gasteiger partial charge is 0.188 e. The van der Waals surface area contributed by atoms with Gasteiger partial charge in [-0.25, -0.2) is 4.39 Å². The molecule has 0 saturated heterocycles. The highest BCUT2D eigenvalue weighted by Gasteiger charge is 2.03. The fraction of sp³-hybridized carbons (Fsp3) is 0.385. The SMILES string of the molecule is CC=CCCc1ccc(OCOC)cc1F. The highest BCUT2D eigenvalue weighted by Crippen LogP contribution is 2.18. The van der Waals surface area contributed by atoms with Crippen molar-refractivity contribution in [3.63, 3.8) is 0 Å². The number of ether oxygens (including phenoxy) is 2. The van der Waals surface area contributed by atoms with Gasteiger partial charge in [0.25, 0.3) is 0 Å². The zero-order chi connectivity index (χ0) is 11.8. The van der Waals surface area contributed by atoms with Crippen molar-refractivity contribution >= 4 is 0 Å². The van der Waals surface area contributed by atoms with Crippen LogP contribution in [0.2, 0.25) is 0 Å². The van der Waals surface area contributed by atoms with Gasteiger partial charge in [-0.3, -0.25) is 0 Å². The van der Waals surface area contributed by atoms with E-state index in [4.69, 9.17) is 9.47 Å². The van der Waals surface area contributed by atoms with Crippen molar-refractivity contribution in [2.45, 2.75) is 19.8 Å². The number of rotatable bonds is 6. The van der Waals surface area contributed by atoms with Gasteiger partial charge in [-0.05, 0) is 31.4 Å². The van der Waals surface area contributed by atoms with Gasteiger partial charge in [-0.1, -0.05) is 18.2 Å². The van der Waals surface area contributed by atoms with Gasteiger partial charge in [-0.15, -0.1) is 0 Å². The van der Waals surface area contributed by atoms with Crippen molar-refractivity contribution in [1.82, 2.24) is 0 Å². The lowest BCUT2D eigenvalue weighted by molar-refractivity contribution is 0.0509. The molecule has 0 aromatic heterocycles. The molecule has 0 unspecified atom stereocenters. The maximum atomic E-state index is 13.6. The second kappa shape index (κ2) is 7.01. The number of hydrogen-bond donors (Lipinski definition) is 0. The first kappa shape index (κ1) is 12.7. The van der Waals surface area contributed by atoms with Gasteiger partial charge < -0.3 is 9.47 Å². The van der Waals surface area contributed by atoms with Gasteiger partial charge in [-0.2, -0.15) is 0 Å². The summed E-state index contributed by atoms with van der Waals surface area (Å²) in [6, 6.07) is 4.90. The van der Waals surface area contributed by atoms with Gasteiger partial charge in [0.2, 0.25) is 0 Å². The molecule has 0 amide bonds. The van der Waals surface area contributed by atoms with Crippen LogP contribution >= 0.6 is 0 Å². The monoisotopic (exact) mass is 224 g/mol. The van der Waals surface area contributed by atoms with E-state index in [-0.39, 0.29) is 12.6 Å². The molecule has 1 aromatic rings. The lowest BCUT2D eigenvalue weighted by Gasteiger charge is -2.06. The van der Waals surface area contributed by atoms with Crippen LogP contribution < -0.4 is 4.74 Å². The molecule has 2 nitrogen and oxygen atoms in total. The average molecular weight is 224 g/mol. The molecule has 3 heteroatoms. The minimum absolute atomic E-state index is 0.136. The molecular formula is C13H17FO2. The minimum atomic E-state index is -0.224. The van der Waals surface area contributed by atoms with Gasteiger partial charge in [0.1, 0.15) is 11.6 Å². The average Bonchev–Trinajstić information content (AvgIpc) is 2.29. The quantitative estimate of drug-likeness (QED) is 0.545. The highest BCUT2D eigenvalue weighted by molar-refractivity contribution is 5.29. The number of aryl methyl sites for hydroxylation is 1. The molecule has 0 N–H and O–H groups in total. The standard InChI is InChI=1S/C13H17FO2/c1-3-4-5-6-11-7-8-12(9-13(11)14)16-10-15-2/h3-4,7-9H,5-6,10H2,1-2H3. The lowest BCUT2D eigenvalue weighted by atomic mass is 10.1. The van der Waals surface area contributed by atoms with Crippen molar-refractivity contribution in [1.29, 1.82) is 0 Å². The van der Waals surface area contributed by atoms with E-state index in [2.05, 4.69) is 0 Å². The van der Waals surface area contributed by atoms with Gasteiger partial charge >= 0.3 is 0 Å². The predicted octanol–water partition coefficient (Wildman–Crippen LogP) is 3.32. The molecule has 16 heavy (non-hydrogen) atoms. The van der Waals surface area contributed by atoms with Crippen LogP contribution in [0.3, 0.4) is 0 Å². The lowest BCUT2D eigenvalue weighted by Crippen LogP contribution is -2.00. The molecule has 0 bridgehead atoms. The van der Waals surface area contributed by atoms with Crippen LogP contribution in [0.15, 0.2) is 30.4 Å². The third kappa shape index (κ3) is 4.03. The molecule has 0 aliphatic heterocycles. The molecule has 1 aromatic carbocycles. The Balaban J connectivity index is 2.60. The summed E-state index contributed by atoms with van der Waals surface area (Å²) < 4.78 is 23.4. The van der Waals surface area contributed by atoms with Crippen LogP contribution in [0.5, 0.6) is 5.75 Å². The second-order valence-electron chi connectivity index (χ2n) is 3.41. The first-order valence-electron chi connectivity index (χ1n) is 5.29. The summed E-state index contributed by atoms with van der Waals surface area (Å²) in [5.41, 5.74) is 0.711. The van der Waals surface area contributed by atoms with E-state index in [0.717, 1.165) is 6.42 Å². The predicted molar refractivity (Wildman–Crippen MR) is 62.0 cm³/mol. The van der Waals surface area contributed by atoms with E-state index in [1.54, 1.807) is 12.1 Å². The maximum Gasteiger partial charge on any atom is 0.188 e. The largest absolute Gasteiger partial charge is 0.467 e. The first-order valence-corrected chi connectivity index (χ1v) is 5.29. The number of benzene rings is 1. The summed E-state index contributed by atoms with van der Waals surface area (Å²) in [7, 11) is 1.53. The molecule has 0 spiro atoms. The summed E-state index contributed by atoms with van der Waals surface area (Å²) in [6.45, 7) is 2.09. The topological polar surface area (TPSA) is 18.5 Å². The van der Waals surface area contributed by atoms with E-state index in [0.29, 0.717) is 17.7 Å². The van der Waals surface area contributed by atoms with Crippen molar-refractivity contribution in [2.24, 2.45) is 0 Å². The van der Waals surface area contributed by atoms with E-state index in [1.807, 2.05) is 19.1 Å². The van der Waals surface area contributed by atoms with E-state index in [9.17, 15) is 4.39 Å². The normalized spacial score (nSPS) is 10.9. The van der Waals surface area contributed by atoms with E-state index in [1.165, 1.54) is 13.2 Å². The van der Waals surface area contributed by atoms with Crippen molar-refractivity contribution in [3.8, 4) is 5.75 Å². The number of methoxy groups -OCH3 is 1. The van der Waals surface area contributed by atoms with Crippen molar-refractivity contribution in [3.05, 3.63) is 41.7 Å². The number of hydrogen-bond acceptors (Lipinski definition) is 2. The Labute approximate surface area is 95.7 Å².